The number of benzene rings is 2. The lowest BCUT2D eigenvalue weighted by atomic mass is 9.99. The first-order valence-electron chi connectivity index (χ1n) is 10.2. The number of aryl methyl sites for hydroxylation is 1. The highest BCUT2D eigenvalue weighted by Crippen LogP contribution is 2.21. The molecule has 0 radical (unpaired) electrons. The third-order valence-corrected chi connectivity index (χ3v) is 5.48. The van der Waals surface area contributed by atoms with E-state index in [1.165, 1.54) is 12.0 Å². The summed E-state index contributed by atoms with van der Waals surface area (Å²) in [5.74, 6) is 2.79. The average molecular weight is 503 g/mol. The SMILES string of the molecule is CN=C(NCCCc1nc2ccccc2[nH]1)N1CCC(Cc2ccccc2)C1.I. The quantitative estimate of drug-likeness (QED) is 0.229. The maximum absolute atomic E-state index is 4.65. The molecule has 1 aliphatic rings. The first-order chi connectivity index (χ1) is 13.8. The van der Waals surface area contributed by atoms with Gasteiger partial charge >= 0.3 is 0 Å². The number of halogens is 1. The second-order valence-electron chi connectivity index (χ2n) is 7.57. The van der Waals surface area contributed by atoms with Gasteiger partial charge in [0, 0.05) is 33.1 Å². The maximum Gasteiger partial charge on any atom is 0.193 e. The largest absolute Gasteiger partial charge is 0.356 e. The second-order valence-corrected chi connectivity index (χ2v) is 7.57. The van der Waals surface area contributed by atoms with Gasteiger partial charge in [-0.25, -0.2) is 4.98 Å². The number of hydrogen-bond acceptors (Lipinski definition) is 2. The fourth-order valence-corrected chi connectivity index (χ4v) is 4.05. The molecule has 0 spiro atoms. The van der Waals surface area contributed by atoms with Crippen LogP contribution in [0.3, 0.4) is 0 Å². The molecule has 1 aliphatic heterocycles. The Morgan fingerprint density at radius 1 is 1.17 bits per heavy atom. The van der Waals surface area contributed by atoms with Crippen LogP contribution in [0.25, 0.3) is 11.0 Å². The van der Waals surface area contributed by atoms with E-state index in [0.29, 0.717) is 5.92 Å². The van der Waals surface area contributed by atoms with Crippen LogP contribution in [-0.2, 0) is 12.8 Å². The topological polar surface area (TPSA) is 56.3 Å². The zero-order valence-electron chi connectivity index (χ0n) is 17.0. The summed E-state index contributed by atoms with van der Waals surface area (Å²) in [6.45, 7) is 3.07. The fraction of sp³-hybridized carbons (Fsp3) is 0.391. The highest BCUT2D eigenvalue weighted by molar-refractivity contribution is 14.0. The van der Waals surface area contributed by atoms with Crippen molar-refractivity contribution in [3.63, 3.8) is 0 Å². The smallest absolute Gasteiger partial charge is 0.193 e. The average Bonchev–Trinajstić information content (AvgIpc) is 3.35. The van der Waals surface area contributed by atoms with Gasteiger partial charge in [0.05, 0.1) is 11.0 Å². The molecule has 29 heavy (non-hydrogen) atoms. The third kappa shape index (κ3) is 5.72. The van der Waals surface area contributed by atoms with Crippen LogP contribution in [0.4, 0.5) is 0 Å². The highest BCUT2D eigenvalue weighted by Gasteiger charge is 2.24. The molecule has 2 N–H and O–H groups in total. The summed E-state index contributed by atoms with van der Waals surface area (Å²) in [6, 6.07) is 19.0. The van der Waals surface area contributed by atoms with Crippen molar-refractivity contribution in [2.45, 2.75) is 25.7 Å². The molecule has 1 fully saturated rings. The Balaban J connectivity index is 0.00000240. The number of nitrogens with zero attached hydrogens (tertiary/aromatic N) is 3. The van der Waals surface area contributed by atoms with E-state index in [1.807, 2.05) is 19.2 Å². The summed E-state index contributed by atoms with van der Waals surface area (Å²) in [7, 11) is 1.88. The Kier molecular flexibility index (Phi) is 7.91. The van der Waals surface area contributed by atoms with Gasteiger partial charge in [-0.2, -0.15) is 0 Å². The maximum atomic E-state index is 4.65. The number of likely N-dealkylation sites (tertiary alicyclic amines) is 1. The highest BCUT2D eigenvalue weighted by atomic mass is 127. The number of nitrogens with one attached hydrogen (secondary N) is 2. The van der Waals surface area contributed by atoms with Crippen molar-refractivity contribution < 1.29 is 0 Å². The lowest BCUT2D eigenvalue weighted by Crippen LogP contribution is -2.40. The van der Waals surface area contributed by atoms with Crippen LogP contribution in [0, 0.1) is 5.92 Å². The van der Waals surface area contributed by atoms with Crippen molar-refractivity contribution in [1.29, 1.82) is 0 Å². The van der Waals surface area contributed by atoms with Crippen molar-refractivity contribution in [3.05, 3.63) is 66.0 Å². The number of aromatic amines is 1. The molecule has 6 heteroatoms. The predicted molar refractivity (Wildman–Crippen MR) is 131 cm³/mol. The lowest BCUT2D eigenvalue weighted by Gasteiger charge is -2.21. The molecule has 2 heterocycles. The molecule has 1 aromatic heterocycles. The van der Waals surface area contributed by atoms with E-state index in [2.05, 4.69) is 67.6 Å². The molecule has 1 saturated heterocycles. The third-order valence-electron chi connectivity index (χ3n) is 5.48. The van der Waals surface area contributed by atoms with E-state index < -0.39 is 0 Å². The van der Waals surface area contributed by atoms with E-state index in [4.69, 9.17) is 0 Å². The van der Waals surface area contributed by atoms with Crippen LogP contribution in [0.1, 0.15) is 24.2 Å². The standard InChI is InChI=1S/C23H29N5.HI/c1-24-23(28-15-13-19(17-28)16-18-8-3-2-4-9-18)25-14-7-12-22-26-20-10-5-6-11-21(20)27-22;/h2-6,8-11,19H,7,12-17H2,1H3,(H,24,25)(H,26,27);1H. The molecule has 0 amide bonds. The Morgan fingerprint density at radius 2 is 1.97 bits per heavy atom. The van der Waals surface area contributed by atoms with Gasteiger partial charge in [0.15, 0.2) is 5.96 Å². The lowest BCUT2D eigenvalue weighted by molar-refractivity contribution is 0.459. The van der Waals surface area contributed by atoms with E-state index in [1.54, 1.807) is 0 Å². The monoisotopic (exact) mass is 503 g/mol. The minimum Gasteiger partial charge on any atom is -0.356 e. The molecule has 1 unspecified atom stereocenters. The van der Waals surface area contributed by atoms with Crippen molar-refractivity contribution >= 4 is 41.0 Å². The molecule has 4 rings (SSSR count). The van der Waals surface area contributed by atoms with E-state index in [-0.39, 0.29) is 24.0 Å². The molecular formula is C23H30IN5. The predicted octanol–water partition coefficient (Wildman–Crippen LogP) is 4.25. The van der Waals surface area contributed by atoms with Crippen LogP contribution in [0.2, 0.25) is 0 Å². The van der Waals surface area contributed by atoms with Gasteiger partial charge in [-0.1, -0.05) is 42.5 Å². The van der Waals surface area contributed by atoms with Crippen LogP contribution < -0.4 is 5.32 Å². The van der Waals surface area contributed by atoms with Gasteiger partial charge in [0.2, 0.25) is 0 Å². The Labute approximate surface area is 190 Å². The number of rotatable bonds is 6. The molecule has 3 aromatic rings. The number of guanidine groups is 1. The van der Waals surface area contributed by atoms with E-state index in [9.17, 15) is 0 Å². The van der Waals surface area contributed by atoms with Gasteiger partial charge in [0.1, 0.15) is 5.82 Å². The number of hydrogen-bond donors (Lipinski definition) is 2. The summed E-state index contributed by atoms with van der Waals surface area (Å²) >= 11 is 0. The van der Waals surface area contributed by atoms with Crippen LogP contribution in [0.15, 0.2) is 59.6 Å². The molecule has 0 aliphatic carbocycles. The first kappa shape index (κ1) is 21.6. The number of aliphatic imine (C=N–C) groups is 1. The number of H-pyrrole nitrogens is 1. The number of aromatic nitrogens is 2. The summed E-state index contributed by atoms with van der Waals surface area (Å²) in [4.78, 5) is 15.0. The summed E-state index contributed by atoms with van der Waals surface area (Å²) in [6.07, 6.45) is 4.35. The number of imidazole rings is 1. The van der Waals surface area contributed by atoms with Gasteiger partial charge in [-0.05, 0) is 42.9 Å². The summed E-state index contributed by atoms with van der Waals surface area (Å²) < 4.78 is 0. The molecule has 0 saturated carbocycles. The molecule has 5 nitrogen and oxygen atoms in total. The first-order valence-corrected chi connectivity index (χ1v) is 10.2. The Morgan fingerprint density at radius 3 is 2.76 bits per heavy atom. The minimum atomic E-state index is 0. The number of fused-ring (bicyclic) bond motifs is 1. The number of para-hydroxylation sites is 2. The molecular weight excluding hydrogens is 473 g/mol. The Bertz CT molecular complexity index is 888. The van der Waals surface area contributed by atoms with Crippen LogP contribution >= 0.6 is 24.0 Å². The van der Waals surface area contributed by atoms with Gasteiger partial charge in [-0.3, -0.25) is 4.99 Å². The molecule has 1 atom stereocenters. The molecule has 2 aromatic carbocycles. The van der Waals surface area contributed by atoms with Gasteiger partial charge < -0.3 is 15.2 Å². The zero-order chi connectivity index (χ0) is 19.2. The fourth-order valence-electron chi connectivity index (χ4n) is 4.05. The van der Waals surface area contributed by atoms with Crippen molar-refractivity contribution in [1.82, 2.24) is 20.2 Å². The van der Waals surface area contributed by atoms with Crippen molar-refractivity contribution in [2.75, 3.05) is 26.7 Å². The van der Waals surface area contributed by atoms with E-state index in [0.717, 1.165) is 61.7 Å². The Hall–Kier alpha value is -2.09. The van der Waals surface area contributed by atoms with Crippen molar-refractivity contribution in [3.8, 4) is 0 Å². The molecule has 154 valence electrons. The molecule has 0 bridgehead atoms. The van der Waals surface area contributed by atoms with Crippen LogP contribution in [0.5, 0.6) is 0 Å². The van der Waals surface area contributed by atoms with Gasteiger partial charge in [0.25, 0.3) is 0 Å². The summed E-state index contributed by atoms with van der Waals surface area (Å²) in [5, 5.41) is 3.53. The second kappa shape index (κ2) is 10.6. The van der Waals surface area contributed by atoms with Crippen molar-refractivity contribution in [2.24, 2.45) is 10.9 Å². The summed E-state index contributed by atoms with van der Waals surface area (Å²) in [5.41, 5.74) is 3.59. The zero-order valence-corrected chi connectivity index (χ0v) is 19.3. The van der Waals surface area contributed by atoms with Gasteiger partial charge in [-0.15, -0.1) is 24.0 Å². The van der Waals surface area contributed by atoms with E-state index >= 15 is 0 Å². The normalized spacial score (nSPS) is 16.8. The van der Waals surface area contributed by atoms with Crippen LogP contribution in [-0.4, -0.2) is 47.5 Å². The minimum absolute atomic E-state index is 0.